The van der Waals surface area contributed by atoms with Gasteiger partial charge in [0.25, 0.3) is 0 Å². The highest BCUT2D eigenvalue weighted by atomic mass is 79.9. The number of nitrogens with two attached hydrogens (primary N) is 1. The van der Waals surface area contributed by atoms with Gasteiger partial charge in [0.05, 0.1) is 6.54 Å². The number of anilines is 1. The van der Waals surface area contributed by atoms with Crippen molar-refractivity contribution in [2.24, 2.45) is 0 Å². The predicted octanol–water partition coefficient (Wildman–Crippen LogP) is 2.75. The van der Waals surface area contributed by atoms with Crippen LogP contribution in [0.2, 0.25) is 0 Å². The zero-order valence-corrected chi connectivity index (χ0v) is 10.1. The molecule has 0 unspecified atom stereocenters. The topological polar surface area (TPSA) is 54.7 Å². The molecule has 2 aromatic rings. The van der Waals surface area contributed by atoms with Crippen LogP contribution in [0.5, 0.6) is 0 Å². The van der Waals surface area contributed by atoms with E-state index >= 15 is 0 Å². The van der Waals surface area contributed by atoms with Gasteiger partial charge in [0.15, 0.2) is 0 Å². The predicted molar refractivity (Wildman–Crippen MR) is 66.8 cm³/mol. The first-order valence-corrected chi connectivity index (χ1v) is 5.60. The van der Waals surface area contributed by atoms with Gasteiger partial charge in [0.2, 0.25) is 0 Å². The fraction of sp³-hybridized carbons (Fsp3) is 0.0833. The Hall–Kier alpha value is -1.73. The molecule has 0 atom stereocenters. The summed E-state index contributed by atoms with van der Waals surface area (Å²) in [6.07, 6.45) is 1.87. The van der Waals surface area contributed by atoms with Crippen molar-refractivity contribution in [1.82, 2.24) is 4.57 Å². The molecule has 0 amide bonds. The molecule has 3 nitrogen and oxygen atoms in total. The molecule has 1 aromatic heterocycles. The Morgan fingerprint density at radius 3 is 2.81 bits per heavy atom. The highest BCUT2D eigenvalue weighted by molar-refractivity contribution is 9.10. The fourth-order valence-electron chi connectivity index (χ4n) is 1.57. The lowest BCUT2D eigenvalue weighted by Crippen LogP contribution is -2.04. The van der Waals surface area contributed by atoms with Gasteiger partial charge in [-0.15, -0.1) is 0 Å². The molecule has 0 aliphatic heterocycles. The van der Waals surface area contributed by atoms with Gasteiger partial charge >= 0.3 is 0 Å². The first-order chi connectivity index (χ1) is 7.72. The van der Waals surface area contributed by atoms with Gasteiger partial charge in [-0.1, -0.05) is 22.0 Å². The average Bonchev–Trinajstić information content (AvgIpc) is 2.71. The molecule has 2 rings (SSSR count). The van der Waals surface area contributed by atoms with E-state index in [0.717, 1.165) is 15.7 Å². The van der Waals surface area contributed by atoms with Gasteiger partial charge in [-0.25, -0.2) is 0 Å². The maximum atomic E-state index is 8.91. The Morgan fingerprint density at radius 1 is 1.31 bits per heavy atom. The zero-order valence-electron chi connectivity index (χ0n) is 8.52. The van der Waals surface area contributed by atoms with E-state index < -0.39 is 0 Å². The Bertz CT molecular complexity index is 531. The molecular weight excluding hydrogens is 266 g/mol. The summed E-state index contributed by atoms with van der Waals surface area (Å²) in [4.78, 5) is 0. The van der Waals surface area contributed by atoms with E-state index in [-0.39, 0.29) is 0 Å². The standard InChI is InChI=1S/C12H10BrN3/c13-11-4-1-5-12(15)10(11)8-16-6-2-3-9(16)7-14/h1-6H,8,15H2. The maximum Gasteiger partial charge on any atom is 0.120 e. The average molecular weight is 276 g/mol. The van der Waals surface area contributed by atoms with E-state index in [1.165, 1.54) is 0 Å². The van der Waals surface area contributed by atoms with Crippen molar-refractivity contribution in [3.8, 4) is 6.07 Å². The number of aromatic nitrogens is 1. The van der Waals surface area contributed by atoms with Crippen LogP contribution in [0.1, 0.15) is 11.3 Å². The Kier molecular flexibility index (Phi) is 2.97. The fourth-order valence-corrected chi connectivity index (χ4v) is 2.07. The van der Waals surface area contributed by atoms with Crippen LogP contribution in [0, 0.1) is 11.3 Å². The van der Waals surface area contributed by atoms with Crippen LogP contribution in [0.15, 0.2) is 41.0 Å². The molecule has 0 saturated heterocycles. The van der Waals surface area contributed by atoms with Crippen molar-refractivity contribution in [1.29, 1.82) is 5.26 Å². The third kappa shape index (κ3) is 1.95. The van der Waals surface area contributed by atoms with Crippen LogP contribution in [-0.2, 0) is 6.54 Å². The van der Waals surface area contributed by atoms with Crippen LogP contribution < -0.4 is 5.73 Å². The lowest BCUT2D eigenvalue weighted by Gasteiger charge is -2.10. The monoisotopic (exact) mass is 275 g/mol. The van der Waals surface area contributed by atoms with Crippen molar-refractivity contribution >= 4 is 21.6 Å². The molecule has 2 N–H and O–H groups in total. The van der Waals surface area contributed by atoms with Gasteiger partial charge in [-0.2, -0.15) is 5.26 Å². The van der Waals surface area contributed by atoms with E-state index in [1.54, 1.807) is 6.07 Å². The minimum atomic E-state index is 0.600. The number of nitriles is 1. The van der Waals surface area contributed by atoms with Crippen molar-refractivity contribution in [3.05, 3.63) is 52.3 Å². The number of hydrogen-bond acceptors (Lipinski definition) is 2. The van der Waals surface area contributed by atoms with E-state index in [2.05, 4.69) is 22.0 Å². The molecule has 80 valence electrons. The molecule has 16 heavy (non-hydrogen) atoms. The van der Waals surface area contributed by atoms with Crippen molar-refractivity contribution in [2.75, 3.05) is 5.73 Å². The van der Waals surface area contributed by atoms with Crippen molar-refractivity contribution in [3.63, 3.8) is 0 Å². The first-order valence-electron chi connectivity index (χ1n) is 4.80. The highest BCUT2D eigenvalue weighted by Crippen LogP contribution is 2.23. The SMILES string of the molecule is N#Cc1cccn1Cc1c(N)cccc1Br. The minimum Gasteiger partial charge on any atom is -0.398 e. The van der Waals surface area contributed by atoms with Crippen LogP contribution >= 0.6 is 15.9 Å². The Labute approximate surface area is 102 Å². The van der Waals surface area contributed by atoms with Gasteiger partial charge in [0, 0.05) is 21.9 Å². The van der Waals surface area contributed by atoms with Crippen LogP contribution in [0.25, 0.3) is 0 Å². The summed E-state index contributed by atoms with van der Waals surface area (Å²) in [5, 5.41) is 8.91. The summed E-state index contributed by atoms with van der Waals surface area (Å²) in [6.45, 7) is 0.600. The second-order valence-electron chi connectivity index (χ2n) is 3.44. The quantitative estimate of drug-likeness (QED) is 0.857. The summed E-state index contributed by atoms with van der Waals surface area (Å²) in [5.41, 5.74) is 8.26. The van der Waals surface area contributed by atoms with Crippen molar-refractivity contribution in [2.45, 2.75) is 6.54 Å². The third-order valence-corrected chi connectivity index (χ3v) is 3.17. The molecule has 4 heteroatoms. The van der Waals surface area contributed by atoms with Gasteiger partial charge in [-0.05, 0) is 24.3 Å². The van der Waals surface area contributed by atoms with Crippen molar-refractivity contribution < 1.29 is 0 Å². The summed E-state index contributed by atoms with van der Waals surface area (Å²) in [7, 11) is 0. The van der Waals surface area contributed by atoms with Gasteiger partial charge in [-0.3, -0.25) is 0 Å². The molecular formula is C12H10BrN3. The molecule has 0 fully saturated rings. The summed E-state index contributed by atoms with van der Waals surface area (Å²) in [6, 6.07) is 11.5. The number of nitrogen functional groups attached to an aromatic ring is 1. The molecule has 0 bridgehead atoms. The minimum absolute atomic E-state index is 0.600. The number of hydrogen-bond donors (Lipinski definition) is 1. The van der Waals surface area contributed by atoms with E-state index in [9.17, 15) is 0 Å². The number of nitrogens with zero attached hydrogens (tertiary/aromatic N) is 2. The zero-order chi connectivity index (χ0) is 11.5. The smallest absolute Gasteiger partial charge is 0.120 e. The second-order valence-corrected chi connectivity index (χ2v) is 4.30. The second kappa shape index (κ2) is 4.42. The number of benzene rings is 1. The first kappa shape index (κ1) is 10.8. The molecule has 1 aromatic carbocycles. The van der Waals surface area contributed by atoms with E-state index in [1.807, 2.05) is 35.0 Å². The summed E-state index contributed by atoms with van der Waals surface area (Å²) in [5.74, 6) is 0. The summed E-state index contributed by atoms with van der Waals surface area (Å²) >= 11 is 3.46. The van der Waals surface area contributed by atoms with Gasteiger partial charge < -0.3 is 10.3 Å². The molecule has 0 aliphatic rings. The lowest BCUT2D eigenvalue weighted by molar-refractivity contribution is 0.792. The van der Waals surface area contributed by atoms with Crippen LogP contribution in [-0.4, -0.2) is 4.57 Å². The van der Waals surface area contributed by atoms with E-state index in [0.29, 0.717) is 12.2 Å². The molecule has 1 heterocycles. The Balaban J connectivity index is 2.38. The number of rotatable bonds is 2. The highest BCUT2D eigenvalue weighted by Gasteiger charge is 2.06. The molecule has 0 spiro atoms. The summed E-state index contributed by atoms with van der Waals surface area (Å²) < 4.78 is 2.83. The Morgan fingerprint density at radius 2 is 2.12 bits per heavy atom. The lowest BCUT2D eigenvalue weighted by atomic mass is 10.2. The van der Waals surface area contributed by atoms with Crippen LogP contribution in [0.4, 0.5) is 5.69 Å². The normalized spacial score (nSPS) is 10.0. The van der Waals surface area contributed by atoms with E-state index in [4.69, 9.17) is 11.0 Å². The molecule has 0 radical (unpaired) electrons. The third-order valence-electron chi connectivity index (χ3n) is 2.43. The maximum absolute atomic E-state index is 8.91. The number of halogens is 1. The molecule has 0 aliphatic carbocycles. The largest absolute Gasteiger partial charge is 0.398 e. The van der Waals surface area contributed by atoms with Crippen LogP contribution in [0.3, 0.4) is 0 Å². The van der Waals surface area contributed by atoms with Gasteiger partial charge in [0.1, 0.15) is 11.8 Å². The molecule has 0 saturated carbocycles.